The van der Waals surface area contributed by atoms with Crippen molar-refractivity contribution in [1.82, 2.24) is 10.1 Å². The summed E-state index contributed by atoms with van der Waals surface area (Å²) in [6.07, 6.45) is 0.719. The summed E-state index contributed by atoms with van der Waals surface area (Å²) >= 11 is 13.6. The number of aromatic nitrogens is 2. The number of halogens is 2. The number of hydrogen-bond donors (Lipinski definition) is 1. The number of nitrogens with one attached hydrogen (secondary N) is 1. The van der Waals surface area contributed by atoms with Gasteiger partial charge in [-0.15, -0.1) is 11.3 Å². The molecule has 0 saturated heterocycles. The van der Waals surface area contributed by atoms with E-state index in [0.29, 0.717) is 45.5 Å². The largest absolute Gasteiger partial charge is 0.376 e. The second-order valence-electron chi connectivity index (χ2n) is 5.74. The lowest BCUT2D eigenvalue weighted by molar-refractivity contribution is 0.102. The summed E-state index contributed by atoms with van der Waals surface area (Å²) in [6.45, 7) is 2.85. The molecule has 1 aliphatic heterocycles. The molecule has 1 aromatic carbocycles. The highest BCUT2D eigenvalue weighted by molar-refractivity contribution is 7.17. The zero-order valence-corrected chi connectivity index (χ0v) is 16.0. The van der Waals surface area contributed by atoms with E-state index in [1.54, 1.807) is 19.1 Å². The minimum absolute atomic E-state index is 0.300. The Bertz CT molecular complexity index is 999. The molecule has 6 nitrogen and oxygen atoms in total. The van der Waals surface area contributed by atoms with Gasteiger partial charge < -0.3 is 14.6 Å². The molecule has 1 amide bonds. The number of benzene rings is 1. The number of hydrogen-bond acceptors (Lipinski definition) is 6. The third-order valence-corrected chi connectivity index (χ3v) is 5.65. The summed E-state index contributed by atoms with van der Waals surface area (Å²) in [5.74, 6) is 0.561. The predicted octanol–water partition coefficient (Wildman–Crippen LogP) is 4.74. The van der Waals surface area contributed by atoms with Crippen LogP contribution >= 0.6 is 34.5 Å². The van der Waals surface area contributed by atoms with Crippen LogP contribution in [0.2, 0.25) is 10.0 Å². The normalized spacial score (nSPS) is 13.5. The molecule has 26 heavy (non-hydrogen) atoms. The summed E-state index contributed by atoms with van der Waals surface area (Å²) in [5, 5.41) is 8.17. The number of anilines is 1. The van der Waals surface area contributed by atoms with Crippen molar-refractivity contribution in [2.45, 2.75) is 20.0 Å². The monoisotopic (exact) mass is 409 g/mol. The van der Waals surface area contributed by atoms with Gasteiger partial charge in [0.2, 0.25) is 0 Å². The molecule has 0 bridgehead atoms. The molecule has 0 spiro atoms. The van der Waals surface area contributed by atoms with Gasteiger partial charge in [0.15, 0.2) is 5.82 Å². The van der Waals surface area contributed by atoms with E-state index >= 15 is 0 Å². The Balaban J connectivity index is 1.75. The number of fused-ring (bicyclic) bond motifs is 1. The first kappa shape index (κ1) is 17.5. The predicted molar refractivity (Wildman–Crippen MR) is 100 cm³/mol. The van der Waals surface area contributed by atoms with Crippen molar-refractivity contribution in [2.75, 3.05) is 11.9 Å². The first-order chi connectivity index (χ1) is 12.5. The van der Waals surface area contributed by atoms with Gasteiger partial charge >= 0.3 is 0 Å². The summed E-state index contributed by atoms with van der Waals surface area (Å²) in [7, 11) is 0. The van der Waals surface area contributed by atoms with Crippen molar-refractivity contribution >= 4 is 45.4 Å². The van der Waals surface area contributed by atoms with Crippen LogP contribution < -0.4 is 5.32 Å². The van der Waals surface area contributed by atoms with E-state index in [9.17, 15) is 4.79 Å². The van der Waals surface area contributed by atoms with Gasteiger partial charge in [0.05, 0.1) is 29.4 Å². The Labute approximate surface area is 163 Å². The molecular weight excluding hydrogens is 397 g/mol. The van der Waals surface area contributed by atoms with Gasteiger partial charge in [0, 0.05) is 9.90 Å². The number of rotatable bonds is 3. The molecule has 0 saturated carbocycles. The Hall–Kier alpha value is -1.93. The number of nitrogens with zero attached hydrogens (tertiary/aromatic N) is 2. The molecule has 0 atom stereocenters. The maximum absolute atomic E-state index is 12.7. The number of carbonyl (C=O) groups excluding carboxylic acids is 1. The number of amides is 1. The third kappa shape index (κ3) is 3.23. The summed E-state index contributed by atoms with van der Waals surface area (Å²) < 4.78 is 10.9. The second-order valence-corrected chi connectivity index (χ2v) is 7.68. The Morgan fingerprint density at radius 1 is 1.35 bits per heavy atom. The van der Waals surface area contributed by atoms with Crippen LogP contribution in [0.3, 0.4) is 0 Å². The lowest BCUT2D eigenvalue weighted by Gasteiger charge is -2.12. The second kappa shape index (κ2) is 7.00. The number of thiophene rings is 1. The average Bonchev–Trinajstić information content (AvgIpc) is 3.19. The summed E-state index contributed by atoms with van der Waals surface area (Å²) in [4.78, 5) is 18.1. The van der Waals surface area contributed by atoms with E-state index < -0.39 is 0 Å². The first-order valence-corrected chi connectivity index (χ1v) is 9.39. The number of aryl methyl sites for hydroxylation is 1. The highest BCUT2D eigenvalue weighted by atomic mass is 35.5. The molecule has 3 heterocycles. The average molecular weight is 410 g/mol. The van der Waals surface area contributed by atoms with E-state index in [-0.39, 0.29) is 5.91 Å². The van der Waals surface area contributed by atoms with Crippen molar-refractivity contribution in [3.63, 3.8) is 0 Å². The van der Waals surface area contributed by atoms with E-state index in [0.717, 1.165) is 22.4 Å². The molecule has 134 valence electrons. The minimum Gasteiger partial charge on any atom is -0.376 e. The fourth-order valence-corrected chi connectivity index (χ4v) is 4.33. The Kier molecular flexibility index (Phi) is 4.71. The SMILES string of the molecule is Cc1noc(-c2c(NC(=O)c3cc(Cl)ccc3Cl)sc3c2CCOC3)n1. The zero-order chi connectivity index (χ0) is 18.3. The lowest BCUT2D eigenvalue weighted by atomic mass is 10.1. The molecule has 1 aliphatic rings. The minimum atomic E-state index is -0.352. The van der Waals surface area contributed by atoms with E-state index in [1.165, 1.54) is 17.4 Å². The smallest absolute Gasteiger partial charge is 0.261 e. The molecule has 1 N–H and O–H groups in total. The molecular formula is C17H13Cl2N3O3S. The van der Waals surface area contributed by atoms with E-state index in [4.69, 9.17) is 32.5 Å². The van der Waals surface area contributed by atoms with Crippen molar-refractivity contribution in [3.05, 3.63) is 50.1 Å². The molecule has 9 heteroatoms. The van der Waals surface area contributed by atoms with Gasteiger partial charge in [0.1, 0.15) is 5.00 Å². The zero-order valence-electron chi connectivity index (χ0n) is 13.6. The fraction of sp³-hybridized carbons (Fsp3) is 0.235. The standard InChI is InChI=1S/C17H13Cl2N3O3S/c1-8-20-16(25-22-8)14-10-4-5-24-7-13(10)26-17(14)21-15(23)11-6-9(18)2-3-12(11)19/h2-3,6H,4-5,7H2,1H3,(H,21,23). The van der Waals surface area contributed by atoms with Crippen LogP contribution in [-0.2, 0) is 17.8 Å². The summed E-state index contributed by atoms with van der Waals surface area (Å²) in [6, 6.07) is 4.76. The van der Waals surface area contributed by atoms with Crippen LogP contribution in [-0.4, -0.2) is 22.7 Å². The van der Waals surface area contributed by atoms with Crippen LogP contribution in [0.25, 0.3) is 11.5 Å². The van der Waals surface area contributed by atoms with Crippen LogP contribution in [0.5, 0.6) is 0 Å². The molecule has 0 unspecified atom stereocenters. The lowest BCUT2D eigenvalue weighted by Crippen LogP contribution is -2.12. The van der Waals surface area contributed by atoms with Crippen LogP contribution in [0, 0.1) is 6.92 Å². The molecule has 2 aromatic heterocycles. The van der Waals surface area contributed by atoms with Crippen LogP contribution in [0.1, 0.15) is 26.6 Å². The van der Waals surface area contributed by atoms with Gasteiger partial charge in [-0.3, -0.25) is 4.79 Å². The number of carbonyl (C=O) groups is 1. The highest BCUT2D eigenvalue weighted by Gasteiger charge is 2.27. The van der Waals surface area contributed by atoms with Crippen molar-refractivity contribution in [2.24, 2.45) is 0 Å². The van der Waals surface area contributed by atoms with E-state index in [1.807, 2.05) is 0 Å². The molecule has 0 aliphatic carbocycles. The van der Waals surface area contributed by atoms with Gasteiger partial charge in [-0.05, 0) is 37.1 Å². The molecule has 0 fully saturated rings. The van der Waals surface area contributed by atoms with Crippen LogP contribution in [0.4, 0.5) is 5.00 Å². The summed E-state index contributed by atoms with van der Waals surface area (Å²) in [5.41, 5.74) is 2.12. The third-order valence-electron chi connectivity index (χ3n) is 3.96. The van der Waals surface area contributed by atoms with Gasteiger partial charge in [-0.25, -0.2) is 0 Å². The molecule has 3 aromatic rings. The maximum atomic E-state index is 12.7. The Morgan fingerprint density at radius 2 is 2.19 bits per heavy atom. The van der Waals surface area contributed by atoms with Crippen molar-refractivity contribution in [1.29, 1.82) is 0 Å². The first-order valence-electron chi connectivity index (χ1n) is 7.82. The molecule has 0 radical (unpaired) electrons. The Morgan fingerprint density at radius 3 is 2.96 bits per heavy atom. The van der Waals surface area contributed by atoms with Gasteiger partial charge in [-0.1, -0.05) is 28.4 Å². The van der Waals surface area contributed by atoms with Crippen molar-refractivity contribution in [3.8, 4) is 11.5 Å². The highest BCUT2D eigenvalue weighted by Crippen LogP contribution is 2.42. The molecule has 4 rings (SSSR count). The van der Waals surface area contributed by atoms with Gasteiger partial charge in [-0.2, -0.15) is 4.98 Å². The maximum Gasteiger partial charge on any atom is 0.261 e. The van der Waals surface area contributed by atoms with E-state index in [2.05, 4.69) is 15.5 Å². The van der Waals surface area contributed by atoms with Gasteiger partial charge in [0.25, 0.3) is 11.8 Å². The van der Waals surface area contributed by atoms with Crippen LogP contribution in [0.15, 0.2) is 22.7 Å². The van der Waals surface area contributed by atoms with Crippen molar-refractivity contribution < 1.29 is 14.1 Å². The quantitative estimate of drug-likeness (QED) is 0.675. The topological polar surface area (TPSA) is 77.2 Å². The number of ether oxygens (including phenoxy) is 1. The fourth-order valence-electron chi connectivity index (χ4n) is 2.79.